The van der Waals surface area contributed by atoms with Crippen molar-refractivity contribution in [2.75, 3.05) is 19.7 Å². The molecule has 7 heteroatoms. The maximum absolute atomic E-state index is 11.6. The molecule has 18 heavy (non-hydrogen) atoms. The summed E-state index contributed by atoms with van der Waals surface area (Å²) < 4.78 is 4.76. The second kappa shape index (κ2) is 6.83. The summed E-state index contributed by atoms with van der Waals surface area (Å²) in [6, 6.07) is -0.171. The molecule has 102 valence electrons. The second-order valence-corrected chi connectivity index (χ2v) is 4.11. The Morgan fingerprint density at radius 3 is 2.78 bits per heavy atom. The van der Waals surface area contributed by atoms with Crippen molar-refractivity contribution in [1.82, 2.24) is 10.2 Å². The smallest absolute Gasteiger partial charge is 0.407 e. The summed E-state index contributed by atoms with van der Waals surface area (Å²) in [7, 11) is 0. The number of likely N-dealkylation sites (tertiary alicyclic amines) is 1. The lowest BCUT2D eigenvalue weighted by atomic mass is 10.1. The van der Waals surface area contributed by atoms with Crippen molar-refractivity contribution in [3.8, 4) is 0 Å². The van der Waals surface area contributed by atoms with Gasteiger partial charge in [0.15, 0.2) is 0 Å². The molecule has 1 atom stereocenters. The van der Waals surface area contributed by atoms with Crippen LogP contribution in [0, 0.1) is 0 Å². The highest BCUT2D eigenvalue weighted by Crippen LogP contribution is 2.11. The molecule has 7 nitrogen and oxygen atoms in total. The van der Waals surface area contributed by atoms with Gasteiger partial charge in [0, 0.05) is 19.1 Å². The molecule has 2 amide bonds. The number of carbonyl (C=O) groups is 3. The van der Waals surface area contributed by atoms with E-state index in [0.717, 1.165) is 12.8 Å². The third-order valence-corrected chi connectivity index (χ3v) is 2.67. The predicted molar refractivity (Wildman–Crippen MR) is 62.0 cm³/mol. The lowest BCUT2D eigenvalue weighted by molar-refractivity contribution is -0.144. The number of amides is 2. The SMILES string of the molecule is CCOC(=O)NC1CCCN(C(=O)CC(=O)O)C1. The van der Waals surface area contributed by atoms with Gasteiger partial charge in [0.2, 0.25) is 5.91 Å². The van der Waals surface area contributed by atoms with Crippen LogP contribution in [0.3, 0.4) is 0 Å². The highest BCUT2D eigenvalue weighted by molar-refractivity contribution is 5.93. The van der Waals surface area contributed by atoms with Gasteiger partial charge in [0.1, 0.15) is 6.42 Å². The zero-order valence-corrected chi connectivity index (χ0v) is 10.3. The van der Waals surface area contributed by atoms with Gasteiger partial charge in [-0.2, -0.15) is 0 Å². The summed E-state index contributed by atoms with van der Waals surface area (Å²) in [6.07, 6.45) is 0.486. The van der Waals surface area contributed by atoms with Crippen molar-refractivity contribution in [2.24, 2.45) is 0 Å². The van der Waals surface area contributed by atoms with Crippen LogP contribution >= 0.6 is 0 Å². The van der Waals surface area contributed by atoms with Crippen LogP contribution < -0.4 is 5.32 Å². The topological polar surface area (TPSA) is 95.9 Å². The van der Waals surface area contributed by atoms with E-state index in [-0.39, 0.29) is 6.04 Å². The number of carboxylic acid groups (broad SMARTS) is 1. The first-order valence-corrected chi connectivity index (χ1v) is 5.95. The van der Waals surface area contributed by atoms with Gasteiger partial charge in [-0.25, -0.2) is 4.79 Å². The van der Waals surface area contributed by atoms with Gasteiger partial charge in [0.05, 0.1) is 6.61 Å². The van der Waals surface area contributed by atoms with E-state index in [4.69, 9.17) is 9.84 Å². The van der Waals surface area contributed by atoms with E-state index in [9.17, 15) is 14.4 Å². The Bertz CT molecular complexity index is 331. The Balaban J connectivity index is 2.43. The number of aliphatic carboxylic acids is 1. The monoisotopic (exact) mass is 258 g/mol. The van der Waals surface area contributed by atoms with E-state index in [0.29, 0.717) is 19.7 Å². The van der Waals surface area contributed by atoms with E-state index in [1.165, 1.54) is 4.90 Å². The number of carboxylic acids is 1. The quantitative estimate of drug-likeness (QED) is 0.702. The van der Waals surface area contributed by atoms with Crippen LogP contribution in [0.1, 0.15) is 26.2 Å². The zero-order chi connectivity index (χ0) is 13.5. The Kier molecular flexibility index (Phi) is 5.41. The maximum atomic E-state index is 11.6. The molecular weight excluding hydrogens is 240 g/mol. The Morgan fingerprint density at radius 1 is 1.44 bits per heavy atom. The Labute approximate surface area is 105 Å². The van der Waals surface area contributed by atoms with E-state index >= 15 is 0 Å². The standard InChI is InChI=1S/C11H18N2O5/c1-2-18-11(17)12-8-4-3-5-13(7-8)9(14)6-10(15)16/h8H,2-7H2,1H3,(H,12,17)(H,15,16). The number of nitrogens with one attached hydrogen (secondary N) is 1. The second-order valence-electron chi connectivity index (χ2n) is 4.11. The predicted octanol–water partition coefficient (Wildman–Crippen LogP) is 0.198. The van der Waals surface area contributed by atoms with Gasteiger partial charge in [-0.15, -0.1) is 0 Å². The molecule has 1 saturated heterocycles. The van der Waals surface area contributed by atoms with Gasteiger partial charge in [-0.3, -0.25) is 9.59 Å². The minimum Gasteiger partial charge on any atom is -0.481 e. The number of carbonyl (C=O) groups excluding carboxylic acids is 2. The van der Waals surface area contributed by atoms with E-state index in [2.05, 4.69) is 5.32 Å². The van der Waals surface area contributed by atoms with Crippen LogP contribution in [0.25, 0.3) is 0 Å². The highest BCUT2D eigenvalue weighted by atomic mass is 16.5. The summed E-state index contributed by atoms with van der Waals surface area (Å²) in [6.45, 7) is 2.88. The number of nitrogens with zero attached hydrogens (tertiary/aromatic N) is 1. The van der Waals surface area contributed by atoms with E-state index in [1.54, 1.807) is 6.92 Å². The summed E-state index contributed by atoms with van der Waals surface area (Å²) >= 11 is 0. The first kappa shape index (κ1) is 14.3. The molecule has 0 saturated carbocycles. The van der Waals surface area contributed by atoms with Gasteiger partial charge in [0.25, 0.3) is 0 Å². The van der Waals surface area contributed by atoms with E-state index in [1.807, 2.05) is 0 Å². The molecule has 0 aromatic heterocycles. The molecule has 0 radical (unpaired) electrons. The molecule has 1 heterocycles. The third-order valence-electron chi connectivity index (χ3n) is 2.67. The van der Waals surface area contributed by atoms with Gasteiger partial charge in [-0.05, 0) is 19.8 Å². The normalized spacial score (nSPS) is 19.2. The lowest BCUT2D eigenvalue weighted by Gasteiger charge is -2.32. The third kappa shape index (κ3) is 4.60. The van der Waals surface area contributed by atoms with Crippen molar-refractivity contribution < 1.29 is 24.2 Å². The summed E-state index contributed by atoms with van der Waals surface area (Å²) in [4.78, 5) is 34.7. The van der Waals surface area contributed by atoms with Crippen LogP contribution in [-0.4, -0.2) is 53.7 Å². The van der Waals surface area contributed by atoms with Crippen molar-refractivity contribution in [3.63, 3.8) is 0 Å². The van der Waals surface area contributed by atoms with Crippen molar-refractivity contribution in [1.29, 1.82) is 0 Å². The van der Waals surface area contributed by atoms with Crippen molar-refractivity contribution in [2.45, 2.75) is 32.2 Å². The Morgan fingerprint density at radius 2 is 2.17 bits per heavy atom. The number of alkyl carbamates (subject to hydrolysis) is 1. The fourth-order valence-electron chi connectivity index (χ4n) is 1.90. The molecule has 1 aliphatic rings. The number of hydrogen-bond donors (Lipinski definition) is 2. The molecular formula is C11H18N2O5. The summed E-state index contributed by atoms with van der Waals surface area (Å²) in [5, 5.41) is 11.2. The minimum atomic E-state index is -1.14. The van der Waals surface area contributed by atoms with Crippen LogP contribution in [0.2, 0.25) is 0 Å². The first-order chi connectivity index (χ1) is 8.52. The molecule has 2 N–H and O–H groups in total. The number of piperidine rings is 1. The first-order valence-electron chi connectivity index (χ1n) is 5.95. The molecule has 0 spiro atoms. The minimum absolute atomic E-state index is 0.171. The van der Waals surface area contributed by atoms with Gasteiger partial charge >= 0.3 is 12.1 Å². The van der Waals surface area contributed by atoms with Gasteiger partial charge in [-0.1, -0.05) is 0 Å². The molecule has 1 fully saturated rings. The highest BCUT2D eigenvalue weighted by Gasteiger charge is 2.25. The van der Waals surface area contributed by atoms with Gasteiger partial charge < -0.3 is 20.1 Å². The molecule has 0 aromatic rings. The lowest BCUT2D eigenvalue weighted by Crippen LogP contribution is -2.50. The van der Waals surface area contributed by atoms with Crippen LogP contribution in [0.5, 0.6) is 0 Å². The maximum Gasteiger partial charge on any atom is 0.407 e. The number of rotatable bonds is 4. The Hall–Kier alpha value is -1.79. The average Bonchev–Trinajstić information content (AvgIpc) is 2.28. The van der Waals surface area contributed by atoms with Crippen LogP contribution in [0.4, 0.5) is 4.79 Å². The molecule has 1 aliphatic heterocycles. The largest absolute Gasteiger partial charge is 0.481 e. The zero-order valence-electron chi connectivity index (χ0n) is 10.3. The van der Waals surface area contributed by atoms with E-state index < -0.39 is 24.4 Å². The summed E-state index contributed by atoms with van der Waals surface area (Å²) in [5.74, 6) is -1.56. The van der Waals surface area contributed by atoms with Crippen molar-refractivity contribution >= 4 is 18.0 Å². The van der Waals surface area contributed by atoms with Crippen LogP contribution in [0.15, 0.2) is 0 Å². The fraction of sp³-hybridized carbons (Fsp3) is 0.727. The molecule has 1 unspecified atom stereocenters. The molecule has 1 rings (SSSR count). The van der Waals surface area contributed by atoms with Crippen molar-refractivity contribution in [3.05, 3.63) is 0 Å². The molecule has 0 aliphatic carbocycles. The fourth-order valence-corrected chi connectivity index (χ4v) is 1.90. The summed E-state index contributed by atoms with van der Waals surface area (Å²) in [5.41, 5.74) is 0. The number of hydrogen-bond acceptors (Lipinski definition) is 4. The molecule has 0 aromatic carbocycles. The average molecular weight is 258 g/mol. The molecule has 0 bridgehead atoms. The number of ether oxygens (including phenoxy) is 1. The van der Waals surface area contributed by atoms with Crippen LogP contribution in [-0.2, 0) is 14.3 Å².